The summed E-state index contributed by atoms with van der Waals surface area (Å²) < 4.78 is 68.9. The number of carbonyl (C=O) groups is 1. The zero-order chi connectivity index (χ0) is 32.9. The van der Waals surface area contributed by atoms with Crippen LogP contribution in [0.4, 0.5) is 19.0 Å². The number of hydrogen-bond acceptors (Lipinski definition) is 8. The largest absolute Gasteiger partial charge is 0.451 e. The maximum absolute atomic E-state index is 13.9. The van der Waals surface area contributed by atoms with Gasteiger partial charge in [0.15, 0.2) is 9.84 Å². The molecule has 3 aromatic rings. The number of halogens is 3. The molecule has 4 atom stereocenters. The van der Waals surface area contributed by atoms with Gasteiger partial charge in [-0.1, -0.05) is 39.0 Å². The van der Waals surface area contributed by atoms with Crippen LogP contribution < -0.4 is 5.32 Å². The Bertz CT molecular complexity index is 1640. The fourth-order valence-corrected chi connectivity index (χ4v) is 9.26. The number of carbonyl (C=O) groups excluding carboxylic acids is 1. The van der Waals surface area contributed by atoms with Crippen molar-refractivity contribution >= 4 is 43.1 Å². The number of amides is 1. The van der Waals surface area contributed by atoms with Crippen LogP contribution in [0.2, 0.25) is 0 Å². The zero-order valence-corrected chi connectivity index (χ0v) is 28.2. The number of rotatable bonds is 8. The SMILES string of the molecule is CC(C)N(C)[C@@H]1CC[C@H](N2CC[C@H](Nc3nc(C(F)(F)F)nc4cc(C(C)(C)C)sc34)C2=O)[C@@H](CS(=O)(=O)c2ccccc2)C1. The molecule has 2 aromatic heterocycles. The first-order valence-corrected chi connectivity index (χ1v) is 17.9. The van der Waals surface area contributed by atoms with Gasteiger partial charge in [-0.2, -0.15) is 13.2 Å². The Morgan fingerprint density at radius 1 is 1.09 bits per heavy atom. The molecule has 1 saturated carbocycles. The van der Waals surface area contributed by atoms with Gasteiger partial charge in [0.05, 0.1) is 20.9 Å². The number of likely N-dealkylation sites (tertiary alicyclic amines) is 1. The van der Waals surface area contributed by atoms with Gasteiger partial charge in [-0.05, 0) is 76.1 Å². The summed E-state index contributed by atoms with van der Waals surface area (Å²) >= 11 is 1.32. The molecule has 1 aliphatic heterocycles. The lowest BCUT2D eigenvalue weighted by Gasteiger charge is -2.44. The smallest absolute Gasteiger partial charge is 0.357 e. The Kier molecular flexibility index (Phi) is 9.29. The Labute approximate surface area is 267 Å². The highest BCUT2D eigenvalue weighted by molar-refractivity contribution is 7.91. The molecule has 1 aliphatic carbocycles. The first-order chi connectivity index (χ1) is 21.0. The number of anilines is 1. The van der Waals surface area contributed by atoms with Crippen molar-refractivity contribution < 1.29 is 26.4 Å². The van der Waals surface area contributed by atoms with Crippen molar-refractivity contribution in [2.75, 3.05) is 24.7 Å². The fourth-order valence-electron chi connectivity index (χ4n) is 6.46. The van der Waals surface area contributed by atoms with Crippen molar-refractivity contribution in [3.8, 4) is 0 Å². The molecule has 0 spiro atoms. The molecule has 1 saturated heterocycles. The highest BCUT2D eigenvalue weighted by atomic mass is 32.2. The molecule has 0 radical (unpaired) electrons. The quantitative estimate of drug-likeness (QED) is 0.299. The second-order valence-electron chi connectivity index (χ2n) is 13.6. The molecule has 1 amide bonds. The molecule has 1 N–H and O–H groups in total. The van der Waals surface area contributed by atoms with E-state index in [0.717, 1.165) is 11.3 Å². The normalized spacial score (nSPS) is 23.4. The molecule has 0 unspecified atom stereocenters. The van der Waals surface area contributed by atoms with Crippen molar-refractivity contribution in [1.82, 2.24) is 19.8 Å². The molecule has 8 nitrogen and oxygen atoms in total. The van der Waals surface area contributed by atoms with Crippen LogP contribution in [0.5, 0.6) is 0 Å². The van der Waals surface area contributed by atoms with E-state index >= 15 is 0 Å². The van der Waals surface area contributed by atoms with Crippen LogP contribution in [-0.4, -0.2) is 77.6 Å². The average molecular weight is 666 g/mol. The van der Waals surface area contributed by atoms with E-state index < -0.39 is 27.9 Å². The molecule has 13 heteroatoms. The van der Waals surface area contributed by atoms with Crippen molar-refractivity contribution in [3.63, 3.8) is 0 Å². The topological polar surface area (TPSA) is 95.5 Å². The number of thiophene rings is 1. The Hall–Kier alpha value is -2.77. The summed E-state index contributed by atoms with van der Waals surface area (Å²) in [4.78, 5) is 26.7. The van der Waals surface area contributed by atoms with Crippen LogP contribution in [0.1, 0.15) is 71.0 Å². The van der Waals surface area contributed by atoms with E-state index in [1.165, 1.54) is 11.3 Å². The molecule has 2 fully saturated rings. The third-order valence-electron chi connectivity index (χ3n) is 9.16. The van der Waals surface area contributed by atoms with Crippen LogP contribution in [0.15, 0.2) is 41.3 Å². The lowest BCUT2D eigenvalue weighted by atomic mass is 9.81. The fraction of sp³-hybridized carbons (Fsp3) is 0.594. The van der Waals surface area contributed by atoms with Crippen LogP contribution in [-0.2, 0) is 26.2 Å². The van der Waals surface area contributed by atoms with Crippen molar-refractivity contribution in [1.29, 1.82) is 0 Å². The van der Waals surface area contributed by atoms with Gasteiger partial charge < -0.3 is 15.1 Å². The molecule has 3 heterocycles. The first-order valence-electron chi connectivity index (χ1n) is 15.4. The predicted molar refractivity (Wildman–Crippen MR) is 171 cm³/mol. The van der Waals surface area contributed by atoms with Gasteiger partial charge in [-0.15, -0.1) is 11.3 Å². The van der Waals surface area contributed by atoms with Crippen molar-refractivity contribution in [3.05, 3.63) is 47.1 Å². The first kappa shape index (κ1) is 33.6. The maximum atomic E-state index is 13.9. The van der Waals surface area contributed by atoms with Gasteiger partial charge in [-0.25, -0.2) is 18.4 Å². The number of benzene rings is 1. The molecule has 2 aliphatic rings. The number of hydrogen-bond donors (Lipinski definition) is 1. The minimum atomic E-state index is -4.75. The number of sulfone groups is 1. The van der Waals surface area contributed by atoms with Gasteiger partial charge in [0, 0.05) is 29.5 Å². The number of fused-ring (bicyclic) bond motifs is 1. The lowest BCUT2D eigenvalue weighted by molar-refractivity contribution is -0.144. The van der Waals surface area contributed by atoms with E-state index in [1.54, 1.807) is 41.3 Å². The number of nitrogens with one attached hydrogen (secondary N) is 1. The second kappa shape index (κ2) is 12.4. The minimum absolute atomic E-state index is 0.00139. The van der Waals surface area contributed by atoms with E-state index in [4.69, 9.17) is 0 Å². The third-order valence-corrected chi connectivity index (χ3v) is 12.6. The van der Waals surface area contributed by atoms with Crippen LogP contribution in [0.25, 0.3) is 10.2 Å². The minimum Gasteiger partial charge on any atom is -0.357 e. The van der Waals surface area contributed by atoms with Crippen molar-refractivity contribution in [2.24, 2.45) is 5.92 Å². The average Bonchev–Trinajstić information content (AvgIpc) is 3.56. The molecular formula is C32H42F3N5O3S2. The molecule has 45 heavy (non-hydrogen) atoms. The summed E-state index contributed by atoms with van der Waals surface area (Å²) in [7, 11) is -1.57. The maximum Gasteiger partial charge on any atom is 0.451 e. The van der Waals surface area contributed by atoms with Gasteiger partial charge >= 0.3 is 6.18 Å². The summed E-state index contributed by atoms with van der Waals surface area (Å²) in [5.74, 6) is -1.88. The second-order valence-corrected chi connectivity index (χ2v) is 16.7. The molecular weight excluding hydrogens is 624 g/mol. The Balaban J connectivity index is 1.42. The summed E-state index contributed by atoms with van der Waals surface area (Å²) in [6.45, 7) is 10.5. The van der Waals surface area contributed by atoms with E-state index in [1.807, 2.05) is 27.8 Å². The Morgan fingerprint density at radius 2 is 1.78 bits per heavy atom. The predicted octanol–water partition coefficient (Wildman–Crippen LogP) is 6.37. The zero-order valence-electron chi connectivity index (χ0n) is 26.6. The Morgan fingerprint density at radius 3 is 2.40 bits per heavy atom. The lowest BCUT2D eigenvalue weighted by Crippen LogP contribution is -2.52. The van der Waals surface area contributed by atoms with E-state index in [0.29, 0.717) is 30.5 Å². The highest BCUT2D eigenvalue weighted by Gasteiger charge is 2.44. The number of alkyl halides is 3. The van der Waals surface area contributed by atoms with Gasteiger partial charge in [0.1, 0.15) is 11.9 Å². The van der Waals surface area contributed by atoms with Gasteiger partial charge in [-0.3, -0.25) is 4.79 Å². The van der Waals surface area contributed by atoms with E-state index in [-0.39, 0.29) is 57.3 Å². The third kappa shape index (κ3) is 7.15. The summed E-state index contributed by atoms with van der Waals surface area (Å²) in [5.41, 5.74) is -0.116. The van der Waals surface area contributed by atoms with E-state index in [2.05, 4.69) is 34.0 Å². The highest BCUT2D eigenvalue weighted by Crippen LogP contribution is 2.40. The number of nitrogens with zero attached hydrogens (tertiary/aromatic N) is 4. The standard InChI is InChI=1S/C32H42F3N5O3S2/c1-19(2)39(6)21-12-13-25(20(16-21)18-45(42,43)22-10-8-7-9-11-22)40-15-14-23(29(40)41)36-28-27-24(17-26(44-27)31(3,4)5)37-30(38-28)32(33,34)35/h7-11,17,19-21,23,25H,12-16,18H2,1-6H3,(H,36,37,38)/t20-,21-,23+,25+/m1/s1. The van der Waals surface area contributed by atoms with Crippen LogP contribution in [0, 0.1) is 5.92 Å². The van der Waals surface area contributed by atoms with Gasteiger partial charge in [0.25, 0.3) is 0 Å². The number of aromatic nitrogens is 2. The van der Waals surface area contributed by atoms with Crippen molar-refractivity contribution in [2.45, 2.75) is 101 Å². The van der Waals surface area contributed by atoms with Gasteiger partial charge in [0.2, 0.25) is 11.7 Å². The van der Waals surface area contributed by atoms with Crippen LogP contribution >= 0.6 is 11.3 Å². The summed E-state index contributed by atoms with van der Waals surface area (Å²) in [6, 6.07) is 9.40. The van der Waals surface area contributed by atoms with E-state index in [9.17, 15) is 26.4 Å². The monoisotopic (exact) mass is 665 g/mol. The summed E-state index contributed by atoms with van der Waals surface area (Å²) in [6.07, 6.45) is -2.30. The molecule has 1 aromatic carbocycles. The molecule has 246 valence electrons. The molecule has 0 bridgehead atoms. The van der Waals surface area contributed by atoms with Crippen LogP contribution in [0.3, 0.4) is 0 Å². The molecule has 5 rings (SSSR count). The summed E-state index contributed by atoms with van der Waals surface area (Å²) in [5, 5.41) is 3.05.